The molecule has 6 nitrogen and oxygen atoms in total. The maximum Gasteiger partial charge on any atom is 0.243 e. The number of piperidine rings is 1. The van der Waals surface area contributed by atoms with Crippen LogP contribution in [0, 0.1) is 5.41 Å². The Labute approximate surface area is 172 Å². The normalized spacial score (nSPS) is 30.5. The van der Waals surface area contributed by atoms with E-state index < -0.39 is 0 Å². The van der Waals surface area contributed by atoms with Crippen LogP contribution in [0.25, 0.3) is 0 Å². The second kappa shape index (κ2) is 7.73. The molecule has 29 heavy (non-hydrogen) atoms. The third-order valence-corrected chi connectivity index (χ3v) is 7.61. The largest absolute Gasteiger partial charge is 0.347 e. The molecule has 1 spiro atoms. The van der Waals surface area contributed by atoms with Crippen molar-refractivity contribution < 1.29 is 9.59 Å². The summed E-state index contributed by atoms with van der Waals surface area (Å²) in [6, 6.07) is 8.00. The molecule has 0 bridgehead atoms. The van der Waals surface area contributed by atoms with Crippen LogP contribution >= 0.6 is 0 Å². The Kier molecular flexibility index (Phi) is 5.08. The first-order chi connectivity index (χ1) is 14.2. The van der Waals surface area contributed by atoms with Gasteiger partial charge in [0.2, 0.25) is 11.8 Å². The number of aryl methyl sites for hydroxylation is 1. The van der Waals surface area contributed by atoms with Crippen molar-refractivity contribution in [2.45, 2.75) is 63.1 Å². The summed E-state index contributed by atoms with van der Waals surface area (Å²) in [4.78, 5) is 28.2. The van der Waals surface area contributed by atoms with Gasteiger partial charge in [0.25, 0.3) is 0 Å². The molecule has 3 aliphatic heterocycles. The third kappa shape index (κ3) is 3.57. The molecule has 3 heterocycles. The number of hydrogen-bond donors (Lipinski definition) is 3. The number of hydrogen-bond acceptors (Lipinski definition) is 4. The van der Waals surface area contributed by atoms with Crippen LogP contribution in [0.1, 0.15) is 55.7 Å². The standard InChI is InChI=1S/C23H32N4O2/c28-21(26-18-8-7-16-4-1-2-5-17(16)18)20-6-3-13-27(20)22(29)19-14-23(15-25-19)9-11-24-12-10-23/h1-2,4-5,18-20,24-25H,3,6-15H2,(H,26,28). The highest BCUT2D eigenvalue weighted by Gasteiger charge is 2.45. The van der Waals surface area contributed by atoms with Crippen molar-refractivity contribution in [3.05, 3.63) is 35.4 Å². The van der Waals surface area contributed by atoms with Crippen molar-refractivity contribution in [1.82, 2.24) is 20.9 Å². The van der Waals surface area contributed by atoms with Crippen molar-refractivity contribution in [3.63, 3.8) is 0 Å². The lowest BCUT2D eigenvalue weighted by atomic mass is 9.77. The van der Waals surface area contributed by atoms with Crippen LogP contribution < -0.4 is 16.0 Å². The Morgan fingerprint density at radius 1 is 1.14 bits per heavy atom. The van der Waals surface area contributed by atoms with E-state index in [2.05, 4.69) is 34.1 Å². The van der Waals surface area contributed by atoms with E-state index in [-0.39, 0.29) is 35.4 Å². The van der Waals surface area contributed by atoms with Crippen LogP contribution in [0.2, 0.25) is 0 Å². The van der Waals surface area contributed by atoms with Gasteiger partial charge >= 0.3 is 0 Å². The fraction of sp³-hybridized carbons (Fsp3) is 0.652. The van der Waals surface area contributed by atoms with Crippen molar-refractivity contribution in [1.29, 1.82) is 0 Å². The molecule has 156 valence electrons. The minimum Gasteiger partial charge on any atom is -0.347 e. The Morgan fingerprint density at radius 3 is 2.83 bits per heavy atom. The highest BCUT2D eigenvalue weighted by Crippen LogP contribution is 2.38. The predicted octanol–water partition coefficient (Wildman–Crippen LogP) is 1.51. The van der Waals surface area contributed by atoms with Gasteiger partial charge in [0.15, 0.2) is 0 Å². The highest BCUT2D eigenvalue weighted by molar-refractivity contribution is 5.90. The fourth-order valence-corrected chi connectivity index (χ4v) is 5.91. The summed E-state index contributed by atoms with van der Waals surface area (Å²) in [6.45, 7) is 3.71. The van der Waals surface area contributed by atoms with Crippen LogP contribution in [-0.2, 0) is 16.0 Å². The van der Waals surface area contributed by atoms with Gasteiger partial charge in [-0.1, -0.05) is 24.3 Å². The van der Waals surface area contributed by atoms with Gasteiger partial charge in [-0.3, -0.25) is 9.59 Å². The van der Waals surface area contributed by atoms with Gasteiger partial charge in [-0.15, -0.1) is 0 Å². The molecule has 3 fully saturated rings. The number of nitrogens with one attached hydrogen (secondary N) is 3. The molecule has 3 N–H and O–H groups in total. The highest BCUT2D eigenvalue weighted by atomic mass is 16.2. The average Bonchev–Trinajstić information content (AvgIpc) is 3.48. The maximum absolute atomic E-state index is 13.3. The van der Waals surface area contributed by atoms with E-state index >= 15 is 0 Å². The molecule has 1 aromatic carbocycles. The topological polar surface area (TPSA) is 73.5 Å². The minimum atomic E-state index is -0.318. The number of carbonyl (C=O) groups excluding carboxylic acids is 2. The first-order valence-electron chi connectivity index (χ1n) is 11.3. The molecule has 5 rings (SSSR count). The summed E-state index contributed by atoms with van der Waals surface area (Å²) >= 11 is 0. The van der Waals surface area contributed by atoms with Gasteiger partial charge in [-0.25, -0.2) is 0 Å². The number of amides is 2. The predicted molar refractivity (Wildman–Crippen MR) is 111 cm³/mol. The van der Waals surface area contributed by atoms with Crippen molar-refractivity contribution in [3.8, 4) is 0 Å². The van der Waals surface area contributed by atoms with Gasteiger partial charge in [0, 0.05) is 13.1 Å². The zero-order valence-electron chi connectivity index (χ0n) is 17.1. The molecular formula is C23H32N4O2. The van der Waals surface area contributed by atoms with Gasteiger partial charge in [-0.05, 0) is 74.6 Å². The molecule has 2 amide bonds. The molecule has 3 saturated heterocycles. The zero-order chi connectivity index (χ0) is 19.8. The summed E-state index contributed by atoms with van der Waals surface area (Å²) in [5.74, 6) is 0.150. The van der Waals surface area contributed by atoms with E-state index in [9.17, 15) is 9.59 Å². The number of carbonyl (C=O) groups is 2. The second-order valence-electron chi connectivity index (χ2n) is 9.38. The van der Waals surface area contributed by atoms with Gasteiger partial charge in [0.05, 0.1) is 12.1 Å². The smallest absolute Gasteiger partial charge is 0.243 e. The summed E-state index contributed by atoms with van der Waals surface area (Å²) in [5, 5.41) is 10.2. The molecule has 0 radical (unpaired) electrons. The maximum atomic E-state index is 13.3. The Balaban J connectivity index is 1.23. The van der Waals surface area contributed by atoms with Gasteiger partial charge in [-0.2, -0.15) is 0 Å². The summed E-state index contributed by atoms with van der Waals surface area (Å²) < 4.78 is 0. The molecule has 1 aromatic rings. The lowest BCUT2D eigenvalue weighted by Crippen LogP contribution is -2.51. The second-order valence-corrected chi connectivity index (χ2v) is 9.38. The molecule has 3 unspecified atom stereocenters. The number of nitrogens with zero attached hydrogens (tertiary/aromatic N) is 1. The first kappa shape index (κ1) is 19.1. The van der Waals surface area contributed by atoms with E-state index in [1.807, 2.05) is 11.0 Å². The quantitative estimate of drug-likeness (QED) is 0.724. The van der Waals surface area contributed by atoms with Crippen molar-refractivity contribution in [2.24, 2.45) is 5.41 Å². The summed E-state index contributed by atoms with van der Waals surface area (Å²) in [7, 11) is 0. The monoisotopic (exact) mass is 396 g/mol. The van der Waals surface area contributed by atoms with Crippen LogP contribution in [0.3, 0.4) is 0 Å². The Bertz CT molecular complexity index is 789. The lowest BCUT2D eigenvalue weighted by Gasteiger charge is -2.33. The summed E-state index contributed by atoms with van der Waals surface area (Å²) in [6.07, 6.45) is 6.82. The van der Waals surface area contributed by atoms with Crippen LogP contribution in [0.4, 0.5) is 0 Å². The van der Waals surface area contributed by atoms with Crippen molar-refractivity contribution in [2.75, 3.05) is 26.2 Å². The van der Waals surface area contributed by atoms with E-state index in [0.717, 1.165) is 64.6 Å². The number of rotatable bonds is 3. The van der Waals surface area contributed by atoms with E-state index in [1.165, 1.54) is 11.1 Å². The van der Waals surface area contributed by atoms with Gasteiger partial charge < -0.3 is 20.9 Å². The first-order valence-corrected chi connectivity index (χ1v) is 11.3. The molecule has 0 aromatic heterocycles. The van der Waals surface area contributed by atoms with E-state index in [4.69, 9.17) is 0 Å². The Morgan fingerprint density at radius 2 is 1.97 bits per heavy atom. The molecule has 3 atom stereocenters. The SMILES string of the molecule is O=C(NC1CCc2ccccc21)C1CCCN1C(=O)C1CC2(CCNCC2)CN1. The van der Waals surface area contributed by atoms with Crippen molar-refractivity contribution >= 4 is 11.8 Å². The summed E-state index contributed by atoms with van der Waals surface area (Å²) in [5.41, 5.74) is 2.83. The molecule has 1 aliphatic carbocycles. The van der Waals surface area contributed by atoms with E-state index in [1.54, 1.807) is 0 Å². The minimum absolute atomic E-state index is 0.0205. The molecular weight excluding hydrogens is 364 g/mol. The number of likely N-dealkylation sites (tertiary alicyclic amines) is 1. The number of benzene rings is 1. The van der Waals surface area contributed by atoms with Crippen LogP contribution in [0.5, 0.6) is 0 Å². The van der Waals surface area contributed by atoms with E-state index in [0.29, 0.717) is 6.54 Å². The number of fused-ring (bicyclic) bond motifs is 1. The van der Waals surface area contributed by atoms with Crippen LogP contribution in [-0.4, -0.2) is 55.0 Å². The molecule has 4 aliphatic rings. The fourth-order valence-electron chi connectivity index (χ4n) is 5.91. The molecule has 6 heteroatoms. The Hall–Kier alpha value is -1.92. The van der Waals surface area contributed by atoms with Crippen LogP contribution in [0.15, 0.2) is 24.3 Å². The lowest BCUT2D eigenvalue weighted by molar-refractivity contribution is -0.140. The molecule has 0 saturated carbocycles. The van der Waals surface area contributed by atoms with Gasteiger partial charge in [0.1, 0.15) is 6.04 Å². The third-order valence-electron chi connectivity index (χ3n) is 7.61. The zero-order valence-corrected chi connectivity index (χ0v) is 17.1. The average molecular weight is 397 g/mol.